The van der Waals surface area contributed by atoms with Crippen LogP contribution in [0.4, 0.5) is 15.6 Å². The molecule has 2 rings (SSSR count). The van der Waals surface area contributed by atoms with Crippen LogP contribution in [0.25, 0.3) is 0 Å². The molecule has 2 N–H and O–H groups in total. The molecular weight excluding hydrogens is 326 g/mol. The van der Waals surface area contributed by atoms with Crippen LogP contribution in [0.2, 0.25) is 0 Å². The van der Waals surface area contributed by atoms with Gasteiger partial charge in [0.2, 0.25) is 0 Å². The summed E-state index contributed by atoms with van der Waals surface area (Å²) >= 11 is 1.09. The van der Waals surface area contributed by atoms with Crippen molar-refractivity contribution in [2.45, 2.75) is 40.2 Å². The highest BCUT2D eigenvalue weighted by Gasteiger charge is 2.18. The van der Waals surface area contributed by atoms with Gasteiger partial charge >= 0.3 is 6.09 Å². The Balaban J connectivity index is 2.05. The molecule has 0 bridgehead atoms. The number of nitrogens with one attached hydrogen (secondary N) is 2. The summed E-state index contributed by atoms with van der Waals surface area (Å²) in [7, 11) is 0. The van der Waals surface area contributed by atoms with Gasteiger partial charge < -0.3 is 10.1 Å². The van der Waals surface area contributed by atoms with Crippen molar-refractivity contribution >= 4 is 34.2 Å². The third-order valence-electron chi connectivity index (χ3n) is 3.06. The monoisotopic (exact) mass is 347 g/mol. The number of carbonyl (C=O) groups is 2. The zero-order valence-electron chi connectivity index (χ0n) is 14.4. The van der Waals surface area contributed by atoms with Gasteiger partial charge in [0.05, 0.1) is 6.20 Å². The van der Waals surface area contributed by atoms with Crippen LogP contribution in [0.1, 0.15) is 41.6 Å². The number of hydrogen-bond donors (Lipinski definition) is 2. The first kappa shape index (κ1) is 17.9. The van der Waals surface area contributed by atoms with Gasteiger partial charge in [0.25, 0.3) is 5.91 Å². The highest BCUT2D eigenvalue weighted by atomic mass is 32.1. The Bertz CT molecular complexity index is 742. The van der Waals surface area contributed by atoms with Crippen molar-refractivity contribution in [3.63, 3.8) is 0 Å². The Labute approximate surface area is 145 Å². The van der Waals surface area contributed by atoms with Crippen LogP contribution in [0.15, 0.2) is 24.4 Å². The zero-order chi connectivity index (χ0) is 17.9. The summed E-state index contributed by atoms with van der Waals surface area (Å²) in [6.45, 7) is 9.20. The van der Waals surface area contributed by atoms with Crippen LogP contribution in [-0.4, -0.2) is 22.6 Å². The van der Waals surface area contributed by atoms with E-state index >= 15 is 0 Å². The fourth-order valence-electron chi connectivity index (χ4n) is 2.01. The molecule has 24 heavy (non-hydrogen) atoms. The molecule has 128 valence electrons. The molecule has 0 radical (unpaired) electrons. The van der Waals surface area contributed by atoms with E-state index in [4.69, 9.17) is 4.74 Å². The van der Waals surface area contributed by atoms with Crippen LogP contribution in [0.5, 0.6) is 0 Å². The van der Waals surface area contributed by atoms with E-state index in [-0.39, 0.29) is 5.91 Å². The average molecular weight is 347 g/mol. The second-order valence-corrected chi connectivity index (χ2v) is 7.41. The molecule has 0 fully saturated rings. The molecule has 0 aliphatic carbocycles. The van der Waals surface area contributed by atoms with Crippen LogP contribution in [-0.2, 0) is 4.74 Å². The van der Waals surface area contributed by atoms with Gasteiger partial charge in [-0.2, -0.15) is 0 Å². The molecule has 0 saturated heterocycles. The highest BCUT2D eigenvalue weighted by Crippen LogP contribution is 2.23. The maximum Gasteiger partial charge on any atom is 0.413 e. The zero-order valence-corrected chi connectivity index (χ0v) is 15.2. The summed E-state index contributed by atoms with van der Waals surface area (Å²) in [5, 5.41) is 5.73. The smallest absolute Gasteiger partial charge is 0.413 e. The lowest BCUT2D eigenvalue weighted by atomic mass is 10.1. The van der Waals surface area contributed by atoms with Gasteiger partial charge in [-0.15, -0.1) is 0 Å². The number of ether oxygens (including phenoxy) is 1. The average Bonchev–Trinajstić information content (AvgIpc) is 2.89. The number of nitrogens with zero attached hydrogens (tertiary/aromatic N) is 1. The summed E-state index contributed by atoms with van der Waals surface area (Å²) in [5.41, 5.74) is 2.17. The molecule has 0 aliphatic heterocycles. The predicted octanol–water partition coefficient (Wildman–Crippen LogP) is 4.36. The van der Waals surface area contributed by atoms with Gasteiger partial charge in [-0.05, 0) is 45.7 Å². The Kier molecular flexibility index (Phi) is 5.23. The summed E-state index contributed by atoms with van der Waals surface area (Å²) in [4.78, 5) is 28.5. The predicted molar refractivity (Wildman–Crippen MR) is 95.8 cm³/mol. The minimum absolute atomic E-state index is 0.262. The van der Waals surface area contributed by atoms with Gasteiger partial charge in [0.15, 0.2) is 5.13 Å². The van der Waals surface area contributed by atoms with Crippen molar-refractivity contribution < 1.29 is 14.3 Å². The molecule has 1 aromatic heterocycles. The minimum atomic E-state index is -0.599. The second kappa shape index (κ2) is 7.00. The van der Waals surface area contributed by atoms with Crippen molar-refractivity contribution in [3.05, 3.63) is 40.4 Å². The van der Waals surface area contributed by atoms with Gasteiger partial charge in [0, 0.05) is 5.69 Å². The Morgan fingerprint density at radius 3 is 2.33 bits per heavy atom. The maximum atomic E-state index is 12.4. The third kappa shape index (κ3) is 4.79. The number of hydrogen-bond acceptors (Lipinski definition) is 5. The molecule has 2 aromatic rings. The van der Waals surface area contributed by atoms with Crippen molar-refractivity contribution in [3.8, 4) is 0 Å². The van der Waals surface area contributed by atoms with Gasteiger partial charge in [-0.25, -0.2) is 9.78 Å². The molecule has 0 saturated carbocycles. The summed E-state index contributed by atoms with van der Waals surface area (Å²) in [6, 6.07) is 5.81. The first-order valence-corrected chi connectivity index (χ1v) is 8.31. The van der Waals surface area contributed by atoms with Crippen LogP contribution in [0, 0.1) is 13.8 Å². The standard InChI is InChI=1S/C17H21N3O3S/c1-10-7-6-8-11(2)13(10)19-14(21)12-9-18-15(24-12)20-16(22)23-17(3,4)5/h6-9H,1-5H3,(H,19,21)(H,18,20,22). The van der Waals surface area contributed by atoms with E-state index in [1.165, 1.54) is 6.20 Å². The quantitative estimate of drug-likeness (QED) is 0.864. The van der Waals surface area contributed by atoms with Crippen LogP contribution < -0.4 is 10.6 Å². The lowest BCUT2D eigenvalue weighted by Gasteiger charge is -2.18. The number of para-hydroxylation sites is 1. The normalized spacial score (nSPS) is 11.0. The molecule has 0 atom stereocenters. The number of aromatic nitrogens is 1. The minimum Gasteiger partial charge on any atom is -0.444 e. The molecule has 0 unspecified atom stereocenters. The summed E-state index contributed by atoms with van der Waals surface area (Å²) in [5.74, 6) is -0.262. The Morgan fingerprint density at radius 1 is 1.12 bits per heavy atom. The van der Waals surface area contributed by atoms with E-state index in [9.17, 15) is 9.59 Å². The molecule has 0 spiro atoms. The number of rotatable bonds is 3. The lowest BCUT2D eigenvalue weighted by Crippen LogP contribution is -2.27. The molecular formula is C17H21N3O3S. The van der Waals surface area contributed by atoms with Gasteiger partial charge in [-0.1, -0.05) is 29.5 Å². The van der Waals surface area contributed by atoms with E-state index < -0.39 is 11.7 Å². The third-order valence-corrected chi connectivity index (χ3v) is 3.97. The Morgan fingerprint density at radius 2 is 1.75 bits per heavy atom. The van der Waals surface area contributed by atoms with E-state index in [2.05, 4.69) is 15.6 Å². The van der Waals surface area contributed by atoms with E-state index in [1.807, 2.05) is 32.0 Å². The second-order valence-electron chi connectivity index (χ2n) is 6.38. The van der Waals surface area contributed by atoms with Crippen molar-refractivity contribution in [2.75, 3.05) is 10.6 Å². The lowest BCUT2D eigenvalue weighted by molar-refractivity contribution is 0.0635. The van der Waals surface area contributed by atoms with E-state index in [0.717, 1.165) is 28.2 Å². The van der Waals surface area contributed by atoms with Crippen LogP contribution in [0.3, 0.4) is 0 Å². The number of thiazole rings is 1. The number of amides is 2. The maximum absolute atomic E-state index is 12.4. The summed E-state index contributed by atoms with van der Waals surface area (Å²) < 4.78 is 5.15. The van der Waals surface area contributed by atoms with Crippen molar-refractivity contribution in [1.82, 2.24) is 4.98 Å². The largest absolute Gasteiger partial charge is 0.444 e. The molecule has 1 aromatic carbocycles. The number of benzene rings is 1. The van der Waals surface area contributed by atoms with Crippen molar-refractivity contribution in [1.29, 1.82) is 0 Å². The van der Waals surface area contributed by atoms with E-state index in [1.54, 1.807) is 20.8 Å². The number of carbonyl (C=O) groups excluding carboxylic acids is 2. The van der Waals surface area contributed by atoms with Crippen LogP contribution >= 0.6 is 11.3 Å². The molecule has 1 heterocycles. The topological polar surface area (TPSA) is 80.3 Å². The molecule has 2 amide bonds. The van der Waals surface area contributed by atoms with Gasteiger partial charge in [0.1, 0.15) is 10.5 Å². The van der Waals surface area contributed by atoms with Crippen molar-refractivity contribution in [2.24, 2.45) is 0 Å². The fourth-order valence-corrected chi connectivity index (χ4v) is 2.71. The SMILES string of the molecule is Cc1cccc(C)c1NC(=O)c1cnc(NC(=O)OC(C)(C)C)s1. The summed E-state index contributed by atoms with van der Waals surface area (Å²) in [6.07, 6.45) is 0.832. The first-order chi connectivity index (χ1) is 11.2. The Hall–Kier alpha value is -2.41. The number of anilines is 2. The fraction of sp³-hybridized carbons (Fsp3) is 0.353. The highest BCUT2D eigenvalue weighted by molar-refractivity contribution is 7.17. The first-order valence-electron chi connectivity index (χ1n) is 7.49. The van der Waals surface area contributed by atoms with E-state index in [0.29, 0.717) is 10.0 Å². The molecule has 6 nitrogen and oxygen atoms in total. The molecule has 7 heteroatoms. The van der Waals surface area contributed by atoms with Gasteiger partial charge in [-0.3, -0.25) is 10.1 Å². The molecule has 0 aliphatic rings. The number of aryl methyl sites for hydroxylation is 2.